The molecule has 1 unspecified atom stereocenters. The number of hydrogen-bond acceptors (Lipinski definition) is 5. The summed E-state index contributed by atoms with van der Waals surface area (Å²) >= 11 is 1.20. The van der Waals surface area contributed by atoms with Crippen LogP contribution in [0.1, 0.15) is 12.6 Å². The summed E-state index contributed by atoms with van der Waals surface area (Å²) in [6.45, 7) is 0.259. The average molecular weight is 320 g/mol. The van der Waals surface area contributed by atoms with Crippen LogP contribution in [0.4, 0.5) is 13.2 Å². The van der Waals surface area contributed by atoms with Crippen molar-refractivity contribution in [3.63, 3.8) is 0 Å². The maximum atomic E-state index is 12.8. The van der Waals surface area contributed by atoms with Crippen LogP contribution >= 0.6 is 11.3 Å². The third-order valence-electron chi connectivity index (χ3n) is 2.90. The van der Waals surface area contributed by atoms with Crippen LogP contribution in [-0.4, -0.2) is 27.8 Å². The van der Waals surface area contributed by atoms with Crippen LogP contribution in [0.15, 0.2) is 28.2 Å². The van der Waals surface area contributed by atoms with Gasteiger partial charge in [0.2, 0.25) is 5.54 Å². The second-order valence-corrected chi connectivity index (χ2v) is 5.26. The van der Waals surface area contributed by atoms with E-state index in [1.54, 1.807) is 17.5 Å². The van der Waals surface area contributed by atoms with Crippen molar-refractivity contribution in [2.45, 2.75) is 25.2 Å². The van der Waals surface area contributed by atoms with Crippen molar-refractivity contribution in [3.8, 4) is 10.8 Å². The van der Waals surface area contributed by atoms with Crippen molar-refractivity contribution in [2.75, 3.05) is 0 Å². The minimum Gasteiger partial charge on any atom is -0.480 e. The normalized spacial score (nSPS) is 14.9. The molecule has 2 aromatic heterocycles. The Morgan fingerprint density at radius 1 is 1.52 bits per heavy atom. The van der Waals surface area contributed by atoms with Gasteiger partial charge in [0.25, 0.3) is 0 Å². The van der Waals surface area contributed by atoms with E-state index in [-0.39, 0.29) is 6.54 Å². The van der Waals surface area contributed by atoms with Crippen LogP contribution in [0.25, 0.3) is 10.8 Å². The van der Waals surface area contributed by atoms with Crippen LogP contribution in [0, 0.1) is 0 Å². The summed E-state index contributed by atoms with van der Waals surface area (Å²) in [5.74, 6) is -1.49. The maximum Gasteiger partial charge on any atom is 0.417 e. The van der Waals surface area contributed by atoms with E-state index in [1.165, 1.54) is 17.6 Å². The minimum atomic E-state index is -4.92. The molecule has 9 heteroatoms. The zero-order valence-electron chi connectivity index (χ0n) is 10.8. The van der Waals surface area contributed by atoms with Crippen molar-refractivity contribution in [3.05, 3.63) is 29.5 Å². The lowest BCUT2D eigenvalue weighted by Gasteiger charge is -2.28. The Morgan fingerprint density at radius 3 is 2.76 bits per heavy atom. The maximum absolute atomic E-state index is 12.8. The Bertz CT molecular complexity index is 624. The van der Waals surface area contributed by atoms with Gasteiger partial charge < -0.3 is 9.52 Å². The monoisotopic (exact) mass is 320 g/mol. The van der Waals surface area contributed by atoms with Crippen molar-refractivity contribution in [2.24, 2.45) is 0 Å². The molecule has 0 radical (unpaired) electrons. The van der Waals surface area contributed by atoms with Crippen molar-refractivity contribution in [1.82, 2.24) is 10.3 Å². The predicted octanol–water partition coefficient (Wildman–Crippen LogP) is 2.90. The Hall–Kier alpha value is -1.87. The van der Waals surface area contributed by atoms with Gasteiger partial charge in [-0.3, -0.25) is 5.32 Å². The van der Waals surface area contributed by atoms with E-state index in [2.05, 4.69) is 4.98 Å². The molecule has 2 rings (SSSR count). The Morgan fingerprint density at radius 2 is 2.24 bits per heavy atom. The van der Waals surface area contributed by atoms with E-state index < -0.39 is 17.7 Å². The lowest BCUT2D eigenvalue weighted by molar-refractivity contribution is -0.206. The lowest BCUT2D eigenvalue weighted by Crippen LogP contribution is -2.59. The van der Waals surface area contributed by atoms with Gasteiger partial charge in [0, 0.05) is 11.9 Å². The summed E-state index contributed by atoms with van der Waals surface area (Å²) in [5.41, 5.74) is -2.72. The van der Waals surface area contributed by atoms with E-state index >= 15 is 0 Å². The topological polar surface area (TPSA) is 75.4 Å². The summed E-state index contributed by atoms with van der Waals surface area (Å²) in [6.07, 6.45) is -3.46. The molecular formula is C12H11F3N2O3S. The highest BCUT2D eigenvalue weighted by Crippen LogP contribution is 2.31. The van der Waals surface area contributed by atoms with Crippen LogP contribution < -0.4 is 5.32 Å². The Balaban J connectivity index is 2.11. The number of carbonyl (C=O) groups is 1. The van der Waals surface area contributed by atoms with Gasteiger partial charge in [-0.2, -0.15) is 13.2 Å². The third kappa shape index (κ3) is 3.08. The summed E-state index contributed by atoms with van der Waals surface area (Å²) < 4.78 is 43.6. The predicted molar refractivity (Wildman–Crippen MR) is 68.8 cm³/mol. The fourth-order valence-electron chi connectivity index (χ4n) is 1.47. The quantitative estimate of drug-likeness (QED) is 0.886. The number of aliphatic carboxylic acids is 1. The van der Waals surface area contributed by atoms with Gasteiger partial charge in [0.1, 0.15) is 0 Å². The van der Waals surface area contributed by atoms with E-state index in [0.717, 1.165) is 0 Å². The van der Waals surface area contributed by atoms with E-state index in [9.17, 15) is 18.0 Å². The molecule has 0 aliphatic carbocycles. The number of halogens is 3. The van der Waals surface area contributed by atoms with Gasteiger partial charge in [0.05, 0.1) is 12.0 Å². The number of furan rings is 1. The average Bonchev–Trinajstić information content (AvgIpc) is 3.04. The molecule has 0 spiro atoms. The number of carboxylic acids is 1. The molecule has 2 N–H and O–H groups in total. The Labute approximate surface area is 121 Å². The van der Waals surface area contributed by atoms with E-state index in [4.69, 9.17) is 9.52 Å². The molecule has 0 amide bonds. The lowest BCUT2D eigenvalue weighted by atomic mass is 10.0. The number of thiazole rings is 1. The molecule has 0 aromatic carbocycles. The first-order valence-electron chi connectivity index (χ1n) is 5.77. The molecule has 0 bridgehead atoms. The SMILES string of the molecule is CC(NCc1csc(-c2ccco2)n1)(C(=O)O)C(F)(F)F. The first-order chi connectivity index (χ1) is 9.74. The molecule has 0 aliphatic rings. The molecule has 2 aromatic rings. The highest BCUT2D eigenvalue weighted by atomic mass is 32.1. The number of alkyl halides is 3. The highest BCUT2D eigenvalue weighted by molar-refractivity contribution is 7.13. The molecule has 21 heavy (non-hydrogen) atoms. The first-order valence-corrected chi connectivity index (χ1v) is 6.65. The Kier molecular flexibility index (Phi) is 4.06. The molecule has 0 saturated carbocycles. The largest absolute Gasteiger partial charge is 0.480 e. The van der Waals surface area contributed by atoms with Crippen LogP contribution in [0.5, 0.6) is 0 Å². The number of hydrogen-bond donors (Lipinski definition) is 2. The van der Waals surface area contributed by atoms with E-state index in [1.807, 2.05) is 5.32 Å². The van der Waals surface area contributed by atoms with Gasteiger partial charge in [-0.15, -0.1) is 11.3 Å². The fourth-order valence-corrected chi connectivity index (χ4v) is 2.25. The smallest absolute Gasteiger partial charge is 0.417 e. The van der Waals surface area contributed by atoms with Gasteiger partial charge in [0.15, 0.2) is 10.8 Å². The molecule has 114 valence electrons. The molecule has 0 saturated heterocycles. The summed E-state index contributed by atoms with van der Waals surface area (Å²) in [4.78, 5) is 15.0. The second kappa shape index (κ2) is 5.49. The molecule has 0 fully saturated rings. The van der Waals surface area contributed by atoms with Crippen LogP contribution in [-0.2, 0) is 11.3 Å². The van der Waals surface area contributed by atoms with Crippen molar-refractivity contribution < 1.29 is 27.5 Å². The minimum absolute atomic E-state index is 0.308. The van der Waals surface area contributed by atoms with Crippen LogP contribution in [0.2, 0.25) is 0 Å². The van der Waals surface area contributed by atoms with Gasteiger partial charge in [-0.05, 0) is 19.1 Å². The highest BCUT2D eigenvalue weighted by Gasteiger charge is 2.57. The van der Waals surface area contributed by atoms with Crippen molar-refractivity contribution in [1.29, 1.82) is 0 Å². The zero-order chi connectivity index (χ0) is 15.7. The van der Waals surface area contributed by atoms with Gasteiger partial charge in [-0.25, -0.2) is 9.78 Å². The standard InChI is InChI=1S/C12H11F3N2O3S/c1-11(10(18)19,12(13,14)15)16-5-7-6-21-9(17-7)8-3-2-4-20-8/h2-4,6,16H,5H2,1H3,(H,18,19). The second-order valence-electron chi connectivity index (χ2n) is 4.40. The molecular weight excluding hydrogens is 309 g/mol. The zero-order valence-corrected chi connectivity index (χ0v) is 11.6. The first kappa shape index (κ1) is 15.5. The number of nitrogens with zero attached hydrogens (tertiary/aromatic N) is 1. The number of rotatable bonds is 5. The van der Waals surface area contributed by atoms with E-state index in [0.29, 0.717) is 23.4 Å². The van der Waals surface area contributed by atoms with Crippen molar-refractivity contribution >= 4 is 17.3 Å². The summed E-state index contributed by atoms with van der Waals surface area (Å²) in [5, 5.41) is 12.8. The molecule has 0 aliphatic heterocycles. The summed E-state index contributed by atoms with van der Waals surface area (Å²) in [7, 11) is 0. The van der Waals surface area contributed by atoms with Gasteiger partial charge >= 0.3 is 12.1 Å². The third-order valence-corrected chi connectivity index (χ3v) is 3.81. The van der Waals surface area contributed by atoms with Gasteiger partial charge in [-0.1, -0.05) is 0 Å². The molecule has 5 nitrogen and oxygen atoms in total. The van der Waals surface area contributed by atoms with Crippen LogP contribution in [0.3, 0.4) is 0 Å². The number of aromatic nitrogens is 1. The number of carboxylic acid groups (broad SMARTS) is 1. The number of nitrogens with one attached hydrogen (secondary N) is 1. The fraction of sp³-hybridized carbons (Fsp3) is 0.333. The summed E-state index contributed by atoms with van der Waals surface area (Å²) in [6, 6.07) is 3.34. The molecule has 2 heterocycles. The molecule has 1 atom stereocenters.